The fourth-order valence-corrected chi connectivity index (χ4v) is 3.69. The molecule has 0 saturated heterocycles. The summed E-state index contributed by atoms with van der Waals surface area (Å²) in [5.74, 6) is -0.494. The molecular formula is C11H10BrClFN3O2S. The van der Waals surface area contributed by atoms with Gasteiger partial charge in [-0.25, -0.2) is 17.5 Å². The average molecular weight is 383 g/mol. The van der Waals surface area contributed by atoms with Crippen LogP contribution in [0.15, 0.2) is 33.9 Å². The first-order chi connectivity index (χ1) is 9.31. The quantitative estimate of drug-likeness (QED) is 0.883. The van der Waals surface area contributed by atoms with Gasteiger partial charge in [-0.15, -0.1) is 0 Å². The van der Waals surface area contributed by atoms with Crippen molar-refractivity contribution in [1.29, 1.82) is 0 Å². The summed E-state index contributed by atoms with van der Waals surface area (Å²) in [5.41, 5.74) is 0.223. The first-order valence-electron chi connectivity index (χ1n) is 5.42. The van der Waals surface area contributed by atoms with Crippen LogP contribution in [-0.4, -0.2) is 18.2 Å². The summed E-state index contributed by atoms with van der Waals surface area (Å²) in [5, 5.41) is 3.60. The van der Waals surface area contributed by atoms with E-state index in [4.69, 9.17) is 11.6 Å². The summed E-state index contributed by atoms with van der Waals surface area (Å²) < 4.78 is 41.9. The number of aryl methyl sites for hydroxylation is 1. The van der Waals surface area contributed by atoms with Gasteiger partial charge >= 0.3 is 0 Å². The lowest BCUT2D eigenvalue weighted by Crippen LogP contribution is -2.26. The molecule has 9 heteroatoms. The maximum Gasteiger partial charge on any atom is 0.259 e. The van der Waals surface area contributed by atoms with E-state index in [1.165, 1.54) is 31.4 Å². The summed E-state index contributed by atoms with van der Waals surface area (Å²) >= 11 is 8.98. The van der Waals surface area contributed by atoms with Crippen LogP contribution in [0.25, 0.3) is 0 Å². The minimum absolute atomic E-state index is 0.00899. The second kappa shape index (κ2) is 5.80. The lowest BCUT2D eigenvalue weighted by molar-refractivity contribution is 0.558. The van der Waals surface area contributed by atoms with Gasteiger partial charge in [0.1, 0.15) is 5.82 Å². The second-order valence-corrected chi connectivity index (χ2v) is 6.99. The fourth-order valence-electron chi connectivity index (χ4n) is 1.62. The topological polar surface area (TPSA) is 64.0 Å². The highest BCUT2D eigenvalue weighted by atomic mass is 79.9. The number of rotatable bonds is 4. The maximum atomic E-state index is 13.5. The van der Waals surface area contributed by atoms with Crippen molar-refractivity contribution in [3.05, 3.63) is 45.3 Å². The molecule has 0 amide bonds. The van der Waals surface area contributed by atoms with Crippen LogP contribution in [0.1, 0.15) is 5.56 Å². The summed E-state index contributed by atoms with van der Waals surface area (Å²) in [6, 6.07) is 4.29. The Bertz CT molecular complexity index is 729. The van der Waals surface area contributed by atoms with Crippen molar-refractivity contribution < 1.29 is 12.8 Å². The predicted molar refractivity (Wildman–Crippen MR) is 76.3 cm³/mol. The molecule has 0 saturated carbocycles. The zero-order valence-electron chi connectivity index (χ0n) is 10.3. The highest BCUT2D eigenvalue weighted by Gasteiger charge is 2.22. The third kappa shape index (κ3) is 3.20. The molecule has 1 aromatic carbocycles. The molecule has 0 atom stereocenters. The first-order valence-corrected chi connectivity index (χ1v) is 8.08. The largest absolute Gasteiger partial charge is 0.259 e. The van der Waals surface area contributed by atoms with E-state index in [1.807, 2.05) is 0 Å². The molecule has 0 spiro atoms. The predicted octanol–water partition coefficient (Wildman–Crippen LogP) is 2.45. The lowest BCUT2D eigenvalue weighted by atomic mass is 10.2. The highest BCUT2D eigenvalue weighted by molar-refractivity contribution is 9.10. The Kier molecular flexibility index (Phi) is 4.48. The van der Waals surface area contributed by atoms with Crippen LogP contribution in [0, 0.1) is 5.82 Å². The summed E-state index contributed by atoms with van der Waals surface area (Å²) in [6.45, 7) is -0.185. The van der Waals surface area contributed by atoms with E-state index >= 15 is 0 Å². The molecule has 1 heterocycles. The first kappa shape index (κ1) is 15.4. The standard InChI is InChI=1S/C11H10BrClFN3O2S/c1-17-11(9(13)6-15-17)20(18,19)16-5-7-4-8(12)2-3-10(7)14/h2-4,6,16H,5H2,1H3. The van der Waals surface area contributed by atoms with Gasteiger partial charge in [0.15, 0.2) is 5.03 Å². The molecule has 2 rings (SSSR count). The Hall–Kier alpha value is -0.960. The number of nitrogens with zero attached hydrogens (tertiary/aromatic N) is 2. The van der Waals surface area contributed by atoms with Gasteiger partial charge in [0.05, 0.1) is 11.2 Å². The van der Waals surface area contributed by atoms with Crippen LogP contribution in [0.3, 0.4) is 0 Å². The van der Waals surface area contributed by atoms with Gasteiger partial charge in [0.25, 0.3) is 10.0 Å². The normalized spacial score (nSPS) is 11.8. The van der Waals surface area contributed by atoms with Gasteiger partial charge in [-0.05, 0) is 18.2 Å². The number of benzene rings is 1. The van der Waals surface area contributed by atoms with Crippen molar-refractivity contribution in [3.63, 3.8) is 0 Å². The van der Waals surface area contributed by atoms with E-state index in [-0.39, 0.29) is 22.2 Å². The van der Waals surface area contributed by atoms with Crippen LogP contribution in [0.4, 0.5) is 4.39 Å². The van der Waals surface area contributed by atoms with Gasteiger partial charge in [-0.1, -0.05) is 27.5 Å². The molecule has 2 aromatic rings. The SMILES string of the molecule is Cn1ncc(Cl)c1S(=O)(=O)NCc1cc(Br)ccc1F. The van der Waals surface area contributed by atoms with E-state index in [2.05, 4.69) is 25.8 Å². The Balaban J connectivity index is 2.24. The van der Waals surface area contributed by atoms with Crippen molar-refractivity contribution in [2.45, 2.75) is 11.6 Å². The third-order valence-corrected chi connectivity index (χ3v) is 4.96. The van der Waals surface area contributed by atoms with Gasteiger partial charge in [-0.3, -0.25) is 4.68 Å². The Morgan fingerprint density at radius 2 is 2.20 bits per heavy atom. The average Bonchev–Trinajstić information content (AvgIpc) is 2.71. The molecule has 0 radical (unpaired) electrons. The van der Waals surface area contributed by atoms with Crippen LogP contribution in [-0.2, 0) is 23.6 Å². The highest BCUT2D eigenvalue weighted by Crippen LogP contribution is 2.20. The molecule has 20 heavy (non-hydrogen) atoms. The van der Waals surface area contributed by atoms with E-state index in [0.29, 0.717) is 4.47 Å². The summed E-state index contributed by atoms with van der Waals surface area (Å²) in [4.78, 5) is 0. The molecule has 108 valence electrons. The number of aromatic nitrogens is 2. The Morgan fingerprint density at radius 3 is 2.80 bits per heavy atom. The lowest BCUT2D eigenvalue weighted by Gasteiger charge is -2.08. The van der Waals surface area contributed by atoms with Crippen molar-refractivity contribution in [2.24, 2.45) is 7.05 Å². The van der Waals surface area contributed by atoms with E-state index < -0.39 is 15.8 Å². The van der Waals surface area contributed by atoms with Crippen LogP contribution >= 0.6 is 27.5 Å². The molecule has 1 N–H and O–H groups in total. The second-order valence-electron chi connectivity index (χ2n) is 3.98. The van der Waals surface area contributed by atoms with Crippen molar-refractivity contribution in [2.75, 3.05) is 0 Å². The smallest absolute Gasteiger partial charge is 0.255 e. The van der Waals surface area contributed by atoms with Gasteiger partial charge in [0, 0.05) is 23.6 Å². The Labute approximate surface area is 128 Å². The molecule has 0 aliphatic rings. The van der Waals surface area contributed by atoms with Crippen LogP contribution < -0.4 is 4.72 Å². The molecule has 5 nitrogen and oxygen atoms in total. The Morgan fingerprint density at radius 1 is 1.50 bits per heavy atom. The van der Waals surface area contributed by atoms with Crippen LogP contribution in [0.2, 0.25) is 5.02 Å². The molecule has 0 aliphatic carbocycles. The molecule has 0 fully saturated rings. The minimum Gasteiger partial charge on any atom is -0.255 e. The van der Waals surface area contributed by atoms with E-state index in [0.717, 1.165) is 4.68 Å². The summed E-state index contributed by atoms with van der Waals surface area (Å²) in [7, 11) is -2.41. The number of nitrogens with one attached hydrogen (secondary N) is 1. The van der Waals surface area contributed by atoms with Gasteiger partial charge in [0.2, 0.25) is 0 Å². The third-order valence-electron chi connectivity index (χ3n) is 2.56. The van der Waals surface area contributed by atoms with Crippen molar-refractivity contribution >= 4 is 37.6 Å². The minimum atomic E-state index is -3.87. The zero-order chi connectivity index (χ0) is 14.9. The molecular weight excluding hydrogens is 373 g/mol. The molecule has 0 aliphatic heterocycles. The number of halogens is 3. The number of hydrogen-bond acceptors (Lipinski definition) is 3. The van der Waals surface area contributed by atoms with Gasteiger partial charge < -0.3 is 0 Å². The number of sulfonamides is 1. The van der Waals surface area contributed by atoms with Crippen LogP contribution in [0.5, 0.6) is 0 Å². The monoisotopic (exact) mass is 381 g/mol. The fraction of sp³-hybridized carbons (Fsp3) is 0.182. The van der Waals surface area contributed by atoms with Crippen molar-refractivity contribution in [1.82, 2.24) is 14.5 Å². The summed E-state index contributed by atoms with van der Waals surface area (Å²) in [6.07, 6.45) is 1.23. The number of hydrogen-bond donors (Lipinski definition) is 1. The maximum absolute atomic E-state index is 13.5. The molecule has 0 unspecified atom stereocenters. The zero-order valence-corrected chi connectivity index (χ0v) is 13.4. The molecule has 1 aromatic heterocycles. The van der Waals surface area contributed by atoms with Crippen molar-refractivity contribution in [3.8, 4) is 0 Å². The molecule has 0 bridgehead atoms. The van der Waals surface area contributed by atoms with Gasteiger partial charge in [-0.2, -0.15) is 5.10 Å². The van der Waals surface area contributed by atoms with E-state index in [9.17, 15) is 12.8 Å². The van der Waals surface area contributed by atoms with E-state index in [1.54, 1.807) is 0 Å².